The summed E-state index contributed by atoms with van der Waals surface area (Å²) in [5.74, 6) is 0. The summed E-state index contributed by atoms with van der Waals surface area (Å²) in [5, 5.41) is 0. The average molecular weight is 124 g/mol. The van der Waals surface area contributed by atoms with Crippen molar-refractivity contribution in [1.29, 1.82) is 0 Å². The molecule has 0 fully saturated rings. The standard InChI is InChI=1S/C7H12N2/c8-7(9)5-3-1-2-4-6-7/h1-3,5H,4,6,8-9H2. The maximum atomic E-state index is 5.63. The molecule has 0 unspecified atom stereocenters. The van der Waals surface area contributed by atoms with E-state index in [1.165, 1.54) is 0 Å². The van der Waals surface area contributed by atoms with E-state index in [0.717, 1.165) is 12.8 Å². The molecule has 2 heteroatoms. The van der Waals surface area contributed by atoms with Crippen LogP contribution < -0.4 is 11.5 Å². The molecule has 4 N–H and O–H groups in total. The molecule has 0 amide bonds. The minimum absolute atomic E-state index is 0.580. The van der Waals surface area contributed by atoms with Crippen molar-refractivity contribution in [2.24, 2.45) is 11.5 Å². The first kappa shape index (κ1) is 6.52. The van der Waals surface area contributed by atoms with Crippen LogP contribution in [-0.4, -0.2) is 5.66 Å². The van der Waals surface area contributed by atoms with Crippen LogP contribution in [0.1, 0.15) is 12.8 Å². The lowest BCUT2D eigenvalue weighted by molar-refractivity contribution is 0.514. The molecule has 0 saturated heterocycles. The predicted molar refractivity (Wildman–Crippen MR) is 38.6 cm³/mol. The molecule has 0 saturated carbocycles. The van der Waals surface area contributed by atoms with Gasteiger partial charge in [0.05, 0.1) is 5.66 Å². The first-order chi connectivity index (χ1) is 4.21. The molecule has 0 aromatic carbocycles. The zero-order chi connectivity index (χ0) is 6.74. The molecule has 50 valence electrons. The molecule has 0 spiro atoms. The van der Waals surface area contributed by atoms with Gasteiger partial charge in [-0.2, -0.15) is 0 Å². The molecule has 0 heterocycles. The van der Waals surface area contributed by atoms with E-state index >= 15 is 0 Å². The first-order valence-corrected chi connectivity index (χ1v) is 3.13. The fraction of sp³-hybridized carbons (Fsp3) is 0.429. The van der Waals surface area contributed by atoms with Crippen molar-refractivity contribution in [1.82, 2.24) is 0 Å². The topological polar surface area (TPSA) is 52.0 Å². The third kappa shape index (κ3) is 2.00. The van der Waals surface area contributed by atoms with Crippen LogP contribution in [0.5, 0.6) is 0 Å². The largest absolute Gasteiger partial charge is 0.310 e. The Morgan fingerprint density at radius 2 is 2.00 bits per heavy atom. The Bertz CT molecular complexity index is 145. The van der Waals surface area contributed by atoms with E-state index in [4.69, 9.17) is 11.5 Å². The Balaban J connectivity index is 2.62. The zero-order valence-electron chi connectivity index (χ0n) is 5.38. The van der Waals surface area contributed by atoms with Crippen LogP contribution in [0.25, 0.3) is 0 Å². The molecule has 0 aromatic heterocycles. The average Bonchev–Trinajstić information content (AvgIpc) is 1.92. The van der Waals surface area contributed by atoms with Crippen molar-refractivity contribution in [3.05, 3.63) is 24.3 Å². The van der Waals surface area contributed by atoms with E-state index in [0.29, 0.717) is 0 Å². The van der Waals surface area contributed by atoms with Crippen LogP contribution in [0.2, 0.25) is 0 Å². The number of hydrogen-bond acceptors (Lipinski definition) is 2. The molecule has 1 aliphatic rings. The van der Waals surface area contributed by atoms with Crippen molar-refractivity contribution >= 4 is 0 Å². The van der Waals surface area contributed by atoms with Crippen molar-refractivity contribution in [3.63, 3.8) is 0 Å². The summed E-state index contributed by atoms with van der Waals surface area (Å²) >= 11 is 0. The molecule has 0 aliphatic heterocycles. The molecule has 0 radical (unpaired) electrons. The van der Waals surface area contributed by atoms with Gasteiger partial charge in [-0.15, -0.1) is 0 Å². The van der Waals surface area contributed by atoms with E-state index in [1.807, 2.05) is 18.2 Å². The van der Waals surface area contributed by atoms with Crippen LogP contribution in [0.4, 0.5) is 0 Å². The molecular formula is C7H12N2. The van der Waals surface area contributed by atoms with Gasteiger partial charge in [0.2, 0.25) is 0 Å². The minimum atomic E-state index is -0.580. The molecule has 9 heavy (non-hydrogen) atoms. The second-order valence-corrected chi connectivity index (χ2v) is 2.44. The van der Waals surface area contributed by atoms with Gasteiger partial charge in [-0.05, 0) is 12.8 Å². The van der Waals surface area contributed by atoms with Crippen molar-refractivity contribution in [2.45, 2.75) is 18.5 Å². The van der Waals surface area contributed by atoms with Crippen LogP contribution in [0, 0.1) is 0 Å². The highest BCUT2D eigenvalue weighted by Gasteiger charge is 2.13. The lowest BCUT2D eigenvalue weighted by atomic mass is 10.1. The first-order valence-electron chi connectivity index (χ1n) is 3.13. The van der Waals surface area contributed by atoms with Gasteiger partial charge in [-0.3, -0.25) is 0 Å². The predicted octanol–water partition coefficient (Wildman–Crippen LogP) is 0.506. The monoisotopic (exact) mass is 124 g/mol. The van der Waals surface area contributed by atoms with Gasteiger partial charge in [0.25, 0.3) is 0 Å². The number of hydrogen-bond donors (Lipinski definition) is 2. The van der Waals surface area contributed by atoms with Gasteiger partial charge in [0.1, 0.15) is 0 Å². The number of rotatable bonds is 0. The van der Waals surface area contributed by atoms with Crippen LogP contribution >= 0.6 is 0 Å². The summed E-state index contributed by atoms with van der Waals surface area (Å²) in [5.41, 5.74) is 10.7. The van der Waals surface area contributed by atoms with Crippen LogP contribution in [0.3, 0.4) is 0 Å². The molecule has 0 atom stereocenters. The Labute approximate surface area is 55.2 Å². The van der Waals surface area contributed by atoms with Gasteiger partial charge in [-0.25, -0.2) is 0 Å². The van der Waals surface area contributed by atoms with E-state index in [9.17, 15) is 0 Å². The highest BCUT2D eigenvalue weighted by atomic mass is 14.9. The summed E-state index contributed by atoms with van der Waals surface area (Å²) < 4.78 is 0. The summed E-state index contributed by atoms with van der Waals surface area (Å²) in [4.78, 5) is 0. The molecular weight excluding hydrogens is 112 g/mol. The number of nitrogens with two attached hydrogens (primary N) is 2. The molecule has 1 aliphatic carbocycles. The lowest BCUT2D eigenvalue weighted by Crippen LogP contribution is -2.46. The fourth-order valence-electron chi connectivity index (χ4n) is 0.826. The van der Waals surface area contributed by atoms with Gasteiger partial charge in [0, 0.05) is 0 Å². The second kappa shape index (κ2) is 2.33. The Hall–Kier alpha value is -0.600. The van der Waals surface area contributed by atoms with Gasteiger partial charge in [0.15, 0.2) is 0 Å². The fourth-order valence-corrected chi connectivity index (χ4v) is 0.826. The summed E-state index contributed by atoms with van der Waals surface area (Å²) in [6, 6.07) is 0. The van der Waals surface area contributed by atoms with Crippen LogP contribution in [-0.2, 0) is 0 Å². The maximum absolute atomic E-state index is 5.63. The van der Waals surface area contributed by atoms with E-state index in [-0.39, 0.29) is 0 Å². The normalized spacial score (nSPS) is 23.8. The Morgan fingerprint density at radius 3 is 2.78 bits per heavy atom. The van der Waals surface area contributed by atoms with Crippen LogP contribution in [0.15, 0.2) is 24.3 Å². The summed E-state index contributed by atoms with van der Waals surface area (Å²) in [6.07, 6.45) is 9.57. The highest BCUT2D eigenvalue weighted by molar-refractivity contribution is 5.13. The number of allylic oxidation sites excluding steroid dienone is 3. The third-order valence-electron chi connectivity index (χ3n) is 1.40. The maximum Gasteiger partial charge on any atom is 0.0834 e. The van der Waals surface area contributed by atoms with Crippen molar-refractivity contribution in [3.8, 4) is 0 Å². The zero-order valence-corrected chi connectivity index (χ0v) is 5.38. The van der Waals surface area contributed by atoms with E-state index < -0.39 is 5.66 Å². The summed E-state index contributed by atoms with van der Waals surface area (Å²) in [7, 11) is 0. The van der Waals surface area contributed by atoms with Crippen molar-refractivity contribution < 1.29 is 0 Å². The quantitative estimate of drug-likeness (QED) is 0.462. The van der Waals surface area contributed by atoms with Gasteiger partial charge in [-0.1, -0.05) is 24.3 Å². The van der Waals surface area contributed by atoms with E-state index in [2.05, 4.69) is 6.08 Å². The molecule has 0 aromatic rings. The lowest BCUT2D eigenvalue weighted by Gasteiger charge is -2.17. The van der Waals surface area contributed by atoms with Crippen molar-refractivity contribution in [2.75, 3.05) is 0 Å². The third-order valence-corrected chi connectivity index (χ3v) is 1.40. The highest BCUT2D eigenvalue weighted by Crippen LogP contribution is 2.08. The molecule has 0 bridgehead atoms. The minimum Gasteiger partial charge on any atom is -0.310 e. The molecule has 1 rings (SSSR count). The smallest absolute Gasteiger partial charge is 0.0834 e. The SMILES string of the molecule is NC1(N)C=CC=CCC1. The Kier molecular flexibility index (Phi) is 1.69. The van der Waals surface area contributed by atoms with Gasteiger partial charge < -0.3 is 11.5 Å². The van der Waals surface area contributed by atoms with Gasteiger partial charge >= 0.3 is 0 Å². The Morgan fingerprint density at radius 1 is 1.22 bits per heavy atom. The second-order valence-electron chi connectivity index (χ2n) is 2.44. The molecule has 2 nitrogen and oxygen atoms in total. The van der Waals surface area contributed by atoms with E-state index in [1.54, 1.807) is 0 Å². The summed E-state index contributed by atoms with van der Waals surface area (Å²) in [6.45, 7) is 0.